The minimum Gasteiger partial charge on any atom is -0.494 e. The summed E-state index contributed by atoms with van der Waals surface area (Å²) in [5.74, 6) is 0.456. The summed E-state index contributed by atoms with van der Waals surface area (Å²) in [4.78, 5) is 12.5. The second-order valence-electron chi connectivity index (χ2n) is 4.70. The Balaban J connectivity index is 2.97. The lowest BCUT2D eigenvalue weighted by molar-refractivity contribution is -0.385. The van der Waals surface area contributed by atoms with Crippen molar-refractivity contribution in [1.82, 2.24) is 4.90 Å². The van der Waals surface area contributed by atoms with Gasteiger partial charge in [-0.3, -0.25) is 10.1 Å². The van der Waals surface area contributed by atoms with Gasteiger partial charge in [0, 0.05) is 19.2 Å². The predicted octanol–water partition coefficient (Wildman–Crippen LogP) is 1.14. The minimum absolute atomic E-state index is 0.0295. The number of hydrogen-bond acceptors (Lipinski definition) is 7. The third-order valence-corrected chi connectivity index (χ3v) is 3.03. The van der Waals surface area contributed by atoms with E-state index >= 15 is 0 Å². The number of likely N-dealkylation sites (N-methyl/N-ethyl adjacent to an activating group) is 1. The molecule has 0 amide bonds. The zero-order valence-corrected chi connectivity index (χ0v) is 12.7. The number of methoxy groups -OCH3 is 2. The fourth-order valence-corrected chi connectivity index (χ4v) is 1.73. The van der Waals surface area contributed by atoms with E-state index < -0.39 is 4.92 Å². The first-order valence-corrected chi connectivity index (χ1v) is 6.30. The Kier molecular flexibility index (Phi) is 6.19. The molecule has 0 aromatic heterocycles. The Morgan fingerprint density at radius 2 is 1.95 bits per heavy atom. The van der Waals surface area contributed by atoms with Crippen molar-refractivity contribution in [3.63, 3.8) is 0 Å². The van der Waals surface area contributed by atoms with E-state index in [1.807, 2.05) is 19.0 Å². The highest BCUT2D eigenvalue weighted by Gasteiger charge is 2.21. The third-order valence-electron chi connectivity index (χ3n) is 3.03. The topological polar surface area (TPSA) is 100 Å². The standard InChI is InChI=1S/C13H21N3O5/c1-15(2)9(7-19-3)8-21-13-6-12(20-4)10(14)5-11(13)16(17)18/h5-6,9H,7-8,14H2,1-4H3. The van der Waals surface area contributed by atoms with E-state index in [9.17, 15) is 10.1 Å². The van der Waals surface area contributed by atoms with Gasteiger partial charge in [0.2, 0.25) is 5.75 Å². The van der Waals surface area contributed by atoms with Gasteiger partial charge in [-0.15, -0.1) is 0 Å². The molecular weight excluding hydrogens is 278 g/mol. The van der Waals surface area contributed by atoms with Crippen LogP contribution in [0.15, 0.2) is 12.1 Å². The van der Waals surface area contributed by atoms with Crippen LogP contribution in [0.3, 0.4) is 0 Å². The van der Waals surface area contributed by atoms with Crippen molar-refractivity contribution in [3.8, 4) is 11.5 Å². The van der Waals surface area contributed by atoms with Crippen molar-refractivity contribution >= 4 is 11.4 Å². The number of hydrogen-bond donors (Lipinski definition) is 1. The summed E-state index contributed by atoms with van der Waals surface area (Å²) < 4.78 is 15.7. The van der Waals surface area contributed by atoms with Gasteiger partial charge in [-0.25, -0.2) is 0 Å². The molecule has 1 rings (SSSR count). The molecule has 2 N–H and O–H groups in total. The number of rotatable bonds is 8. The Labute approximate surface area is 123 Å². The Hall–Kier alpha value is -2.06. The molecule has 8 heteroatoms. The van der Waals surface area contributed by atoms with Crippen molar-refractivity contribution in [3.05, 3.63) is 22.2 Å². The van der Waals surface area contributed by atoms with E-state index in [0.717, 1.165) is 0 Å². The summed E-state index contributed by atoms with van der Waals surface area (Å²) in [7, 11) is 6.79. The van der Waals surface area contributed by atoms with Crippen molar-refractivity contribution in [2.24, 2.45) is 0 Å². The van der Waals surface area contributed by atoms with Crippen LogP contribution in [0.25, 0.3) is 0 Å². The molecule has 1 unspecified atom stereocenters. The van der Waals surface area contributed by atoms with E-state index in [1.165, 1.54) is 19.2 Å². The van der Waals surface area contributed by atoms with Crippen LogP contribution in [0, 0.1) is 10.1 Å². The quantitative estimate of drug-likeness (QED) is 0.436. The van der Waals surface area contributed by atoms with Gasteiger partial charge in [0.1, 0.15) is 12.4 Å². The molecule has 0 spiro atoms. The maximum absolute atomic E-state index is 11.1. The lowest BCUT2D eigenvalue weighted by Crippen LogP contribution is -2.37. The first-order valence-electron chi connectivity index (χ1n) is 6.30. The second kappa shape index (κ2) is 7.65. The molecule has 1 atom stereocenters. The monoisotopic (exact) mass is 299 g/mol. The summed E-state index contributed by atoms with van der Waals surface area (Å²) in [5, 5.41) is 11.1. The smallest absolute Gasteiger partial charge is 0.313 e. The zero-order valence-electron chi connectivity index (χ0n) is 12.7. The molecule has 118 valence electrons. The van der Waals surface area contributed by atoms with Crippen molar-refractivity contribution < 1.29 is 19.1 Å². The van der Waals surface area contributed by atoms with Crippen LogP contribution >= 0.6 is 0 Å². The van der Waals surface area contributed by atoms with Crippen LogP contribution in [0.4, 0.5) is 11.4 Å². The maximum Gasteiger partial charge on any atom is 0.313 e. The van der Waals surface area contributed by atoms with Crippen LogP contribution in [0.1, 0.15) is 0 Å². The summed E-state index contributed by atoms with van der Waals surface area (Å²) in [6.45, 7) is 0.696. The molecule has 0 saturated heterocycles. The van der Waals surface area contributed by atoms with E-state index in [1.54, 1.807) is 7.11 Å². The Morgan fingerprint density at radius 1 is 1.29 bits per heavy atom. The number of nitrogen functional groups attached to an aromatic ring is 1. The van der Waals surface area contributed by atoms with E-state index in [0.29, 0.717) is 12.4 Å². The molecule has 0 fully saturated rings. The molecule has 8 nitrogen and oxygen atoms in total. The molecule has 1 aromatic carbocycles. The summed E-state index contributed by atoms with van der Waals surface area (Å²) in [5.41, 5.74) is 5.68. The van der Waals surface area contributed by atoms with Gasteiger partial charge in [0.05, 0.1) is 30.4 Å². The summed E-state index contributed by atoms with van der Waals surface area (Å²) >= 11 is 0. The fourth-order valence-electron chi connectivity index (χ4n) is 1.73. The largest absolute Gasteiger partial charge is 0.494 e. The maximum atomic E-state index is 11.1. The number of nitro groups is 1. The van der Waals surface area contributed by atoms with Crippen molar-refractivity contribution in [2.45, 2.75) is 6.04 Å². The molecule has 0 heterocycles. The van der Waals surface area contributed by atoms with Crippen LogP contribution < -0.4 is 15.2 Å². The fraction of sp³-hybridized carbons (Fsp3) is 0.538. The van der Waals surface area contributed by atoms with Gasteiger partial charge < -0.3 is 24.8 Å². The number of nitro benzene ring substituents is 1. The van der Waals surface area contributed by atoms with Gasteiger partial charge in [-0.1, -0.05) is 0 Å². The zero-order chi connectivity index (χ0) is 16.0. The first kappa shape index (κ1) is 17.0. The lowest BCUT2D eigenvalue weighted by atomic mass is 10.2. The van der Waals surface area contributed by atoms with Gasteiger partial charge in [0.25, 0.3) is 0 Å². The Morgan fingerprint density at radius 3 is 2.43 bits per heavy atom. The van der Waals surface area contributed by atoms with Gasteiger partial charge in [0.15, 0.2) is 0 Å². The molecule has 0 saturated carbocycles. The van der Waals surface area contributed by atoms with Gasteiger partial charge >= 0.3 is 5.69 Å². The van der Waals surface area contributed by atoms with Gasteiger partial charge in [-0.05, 0) is 14.1 Å². The number of ether oxygens (including phenoxy) is 3. The molecular formula is C13H21N3O5. The van der Waals surface area contributed by atoms with Crippen LogP contribution in [-0.2, 0) is 4.74 Å². The highest BCUT2D eigenvalue weighted by atomic mass is 16.6. The summed E-state index contributed by atoms with van der Waals surface area (Å²) in [6.07, 6.45) is 0. The number of benzene rings is 1. The number of nitrogens with two attached hydrogens (primary N) is 1. The van der Waals surface area contributed by atoms with Crippen LogP contribution in [0.2, 0.25) is 0 Å². The van der Waals surface area contributed by atoms with Crippen LogP contribution in [-0.4, -0.2) is 57.4 Å². The van der Waals surface area contributed by atoms with Crippen molar-refractivity contribution in [1.29, 1.82) is 0 Å². The predicted molar refractivity (Wildman–Crippen MR) is 78.9 cm³/mol. The molecule has 0 aliphatic heterocycles. The average Bonchev–Trinajstić information content (AvgIpc) is 2.43. The Bertz CT molecular complexity index is 493. The molecule has 0 bridgehead atoms. The van der Waals surface area contributed by atoms with Gasteiger partial charge in [-0.2, -0.15) is 0 Å². The summed E-state index contributed by atoms with van der Waals surface area (Å²) in [6, 6.07) is 2.63. The normalized spacial score (nSPS) is 12.2. The van der Waals surface area contributed by atoms with E-state index in [2.05, 4.69) is 0 Å². The number of anilines is 1. The first-order chi connectivity index (χ1) is 9.90. The van der Waals surface area contributed by atoms with E-state index in [-0.39, 0.29) is 29.8 Å². The molecule has 1 aromatic rings. The highest BCUT2D eigenvalue weighted by molar-refractivity contribution is 5.64. The minimum atomic E-state index is -0.536. The SMILES string of the molecule is COCC(COc1cc(OC)c(N)cc1[N+](=O)[O-])N(C)C. The molecule has 0 aliphatic rings. The van der Waals surface area contributed by atoms with Crippen molar-refractivity contribution in [2.75, 3.05) is 47.3 Å². The number of nitrogens with zero attached hydrogens (tertiary/aromatic N) is 2. The second-order valence-corrected chi connectivity index (χ2v) is 4.70. The third kappa shape index (κ3) is 4.47. The average molecular weight is 299 g/mol. The molecule has 0 aliphatic carbocycles. The molecule has 0 radical (unpaired) electrons. The highest BCUT2D eigenvalue weighted by Crippen LogP contribution is 2.36. The van der Waals surface area contributed by atoms with E-state index in [4.69, 9.17) is 19.9 Å². The van der Waals surface area contributed by atoms with Crippen LogP contribution in [0.5, 0.6) is 11.5 Å². The lowest BCUT2D eigenvalue weighted by Gasteiger charge is -2.23. The molecule has 21 heavy (non-hydrogen) atoms.